The van der Waals surface area contributed by atoms with Crippen LogP contribution in [0.1, 0.15) is 37.5 Å². The van der Waals surface area contributed by atoms with Crippen LogP contribution in [0.2, 0.25) is 5.02 Å². The molecule has 0 aliphatic rings. The van der Waals surface area contributed by atoms with Gasteiger partial charge in [-0.05, 0) is 69.9 Å². The average molecular weight is 431 g/mol. The standard InChI is InChI=1S/C24H31ClN2O3/c1-16(2)26-24(29)19(5)27(12-11-20-9-7-6-8-10-20)22(28)15-30-21-13-17(3)23(25)18(4)14-21/h6-10,13-14,16,19H,11-12,15H2,1-5H3,(H,26,29)/t19-/m1/s1. The fourth-order valence-electron chi connectivity index (χ4n) is 3.19. The number of carbonyl (C=O) groups excluding carboxylic acids is 2. The van der Waals surface area contributed by atoms with E-state index in [4.69, 9.17) is 16.3 Å². The molecular weight excluding hydrogens is 400 g/mol. The summed E-state index contributed by atoms with van der Waals surface area (Å²) in [7, 11) is 0. The van der Waals surface area contributed by atoms with Crippen molar-refractivity contribution in [3.8, 4) is 5.75 Å². The van der Waals surface area contributed by atoms with E-state index in [9.17, 15) is 9.59 Å². The number of hydrogen-bond acceptors (Lipinski definition) is 3. The van der Waals surface area contributed by atoms with Crippen LogP contribution in [0.5, 0.6) is 5.75 Å². The first-order valence-corrected chi connectivity index (χ1v) is 10.6. The van der Waals surface area contributed by atoms with E-state index in [1.165, 1.54) is 0 Å². The van der Waals surface area contributed by atoms with Crippen LogP contribution in [0.15, 0.2) is 42.5 Å². The van der Waals surface area contributed by atoms with E-state index < -0.39 is 6.04 Å². The minimum absolute atomic E-state index is 0.00212. The number of benzene rings is 2. The summed E-state index contributed by atoms with van der Waals surface area (Å²) < 4.78 is 5.75. The molecule has 0 aliphatic carbocycles. The third kappa shape index (κ3) is 6.77. The maximum Gasteiger partial charge on any atom is 0.261 e. The molecule has 2 aromatic rings. The molecule has 162 valence electrons. The van der Waals surface area contributed by atoms with E-state index in [0.717, 1.165) is 16.7 Å². The van der Waals surface area contributed by atoms with Crippen molar-refractivity contribution in [1.82, 2.24) is 10.2 Å². The van der Waals surface area contributed by atoms with Crippen molar-refractivity contribution in [3.05, 3.63) is 64.2 Å². The van der Waals surface area contributed by atoms with Crippen molar-refractivity contribution in [3.63, 3.8) is 0 Å². The summed E-state index contributed by atoms with van der Waals surface area (Å²) in [6, 6.07) is 12.9. The molecule has 30 heavy (non-hydrogen) atoms. The molecule has 0 fully saturated rings. The smallest absolute Gasteiger partial charge is 0.261 e. The van der Waals surface area contributed by atoms with Gasteiger partial charge in [-0.25, -0.2) is 0 Å². The molecule has 0 unspecified atom stereocenters. The van der Waals surface area contributed by atoms with Crippen LogP contribution < -0.4 is 10.1 Å². The predicted octanol–water partition coefficient (Wildman–Crippen LogP) is 4.32. The number of aryl methyl sites for hydroxylation is 2. The zero-order valence-electron chi connectivity index (χ0n) is 18.4. The van der Waals surface area contributed by atoms with Crippen molar-refractivity contribution >= 4 is 23.4 Å². The van der Waals surface area contributed by atoms with Crippen LogP contribution in [-0.2, 0) is 16.0 Å². The van der Waals surface area contributed by atoms with Gasteiger partial charge in [-0.1, -0.05) is 41.9 Å². The number of ether oxygens (including phenoxy) is 1. The summed E-state index contributed by atoms with van der Waals surface area (Å²) >= 11 is 6.20. The summed E-state index contributed by atoms with van der Waals surface area (Å²) in [5.74, 6) is 0.178. The Kier molecular flexibility index (Phi) is 8.72. The Morgan fingerprint density at radius 2 is 1.67 bits per heavy atom. The zero-order valence-corrected chi connectivity index (χ0v) is 19.1. The second-order valence-corrected chi connectivity index (χ2v) is 8.20. The number of rotatable bonds is 9. The summed E-state index contributed by atoms with van der Waals surface area (Å²) in [4.78, 5) is 27.1. The quantitative estimate of drug-likeness (QED) is 0.644. The van der Waals surface area contributed by atoms with E-state index in [1.54, 1.807) is 11.8 Å². The van der Waals surface area contributed by atoms with Gasteiger partial charge >= 0.3 is 0 Å². The Labute approximate surface area is 184 Å². The highest BCUT2D eigenvalue weighted by Gasteiger charge is 2.26. The van der Waals surface area contributed by atoms with Crippen molar-refractivity contribution in [2.45, 2.75) is 53.1 Å². The summed E-state index contributed by atoms with van der Waals surface area (Å²) in [6.45, 7) is 9.62. The first-order chi connectivity index (χ1) is 14.2. The van der Waals surface area contributed by atoms with Crippen LogP contribution >= 0.6 is 11.6 Å². The van der Waals surface area contributed by atoms with Gasteiger partial charge in [0.1, 0.15) is 11.8 Å². The molecule has 0 radical (unpaired) electrons. The average Bonchev–Trinajstić information content (AvgIpc) is 2.70. The van der Waals surface area contributed by atoms with Gasteiger partial charge in [0, 0.05) is 17.6 Å². The number of hydrogen-bond donors (Lipinski definition) is 1. The van der Waals surface area contributed by atoms with E-state index >= 15 is 0 Å². The van der Waals surface area contributed by atoms with Gasteiger partial charge in [0.2, 0.25) is 5.91 Å². The van der Waals surface area contributed by atoms with Gasteiger partial charge in [0.15, 0.2) is 6.61 Å². The Morgan fingerprint density at radius 3 is 2.23 bits per heavy atom. The monoisotopic (exact) mass is 430 g/mol. The van der Waals surface area contributed by atoms with E-state index in [0.29, 0.717) is 23.7 Å². The maximum absolute atomic E-state index is 13.0. The first kappa shape index (κ1) is 23.7. The van der Waals surface area contributed by atoms with E-state index in [1.807, 2.05) is 70.2 Å². The predicted molar refractivity (Wildman–Crippen MR) is 121 cm³/mol. The summed E-state index contributed by atoms with van der Waals surface area (Å²) in [5, 5.41) is 3.57. The molecule has 5 nitrogen and oxygen atoms in total. The summed E-state index contributed by atoms with van der Waals surface area (Å²) in [6.07, 6.45) is 0.658. The highest BCUT2D eigenvalue weighted by molar-refractivity contribution is 6.32. The van der Waals surface area contributed by atoms with Crippen molar-refractivity contribution in [2.75, 3.05) is 13.2 Å². The lowest BCUT2D eigenvalue weighted by molar-refractivity contribution is -0.141. The fourth-order valence-corrected chi connectivity index (χ4v) is 3.30. The van der Waals surface area contributed by atoms with Gasteiger partial charge < -0.3 is 15.0 Å². The molecule has 1 N–H and O–H groups in total. The lowest BCUT2D eigenvalue weighted by Crippen LogP contribution is -2.51. The summed E-state index contributed by atoms with van der Waals surface area (Å²) in [5.41, 5.74) is 2.89. The molecule has 2 aromatic carbocycles. The molecule has 2 rings (SSSR count). The highest BCUT2D eigenvalue weighted by atomic mass is 35.5. The molecule has 0 heterocycles. The Hall–Kier alpha value is -2.53. The fraction of sp³-hybridized carbons (Fsp3) is 0.417. The van der Waals surface area contributed by atoms with Gasteiger partial charge in [0.05, 0.1) is 0 Å². The number of nitrogens with zero attached hydrogens (tertiary/aromatic N) is 1. The second kappa shape index (κ2) is 11.0. The molecule has 0 aliphatic heterocycles. The number of carbonyl (C=O) groups is 2. The third-order valence-electron chi connectivity index (χ3n) is 4.85. The molecule has 1 atom stereocenters. The molecule has 0 bridgehead atoms. The molecule has 0 saturated heterocycles. The largest absolute Gasteiger partial charge is 0.484 e. The Morgan fingerprint density at radius 1 is 1.07 bits per heavy atom. The van der Waals surface area contributed by atoms with Gasteiger partial charge in [0.25, 0.3) is 5.91 Å². The number of amides is 2. The minimum Gasteiger partial charge on any atom is -0.484 e. The lowest BCUT2D eigenvalue weighted by Gasteiger charge is -2.29. The van der Waals surface area contributed by atoms with Gasteiger partial charge in [-0.15, -0.1) is 0 Å². The molecule has 0 saturated carbocycles. The van der Waals surface area contributed by atoms with Crippen LogP contribution in [0, 0.1) is 13.8 Å². The van der Waals surface area contributed by atoms with Crippen LogP contribution in [0.4, 0.5) is 0 Å². The second-order valence-electron chi connectivity index (χ2n) is 7.82. The zero-order chi connectivity index (χ0) is 22.3. The Balaban J connectivity index is 2.11. The van der Waals surface area contributed by atoms with Gasteiger partial charge in [-0.2, -0.15) is 0 Å². The molecular formula is C24H31ClN2O3. The van der Waals surface area contributed by atoms with Crippen molar-refractivity contribution in [1.29, 1.82) is 0 Å². The number of halogens is 1. The molecule has 6 heteroatoms. The lowest BCUT2D eigenvalue weighted by atomic mass is 10.1. The van der Waals surface area contributed by atoms with Crippen LogP contribution in [0.25, 0.3) is 0 Å². The molecule has 0 aromatic heterocycles. The van der Waals surface area contributed by atoms with Crippen LogP contribution in [0.3, 0.4) is 0 Å². The van der Waals surface area contributed by atoms with Crippen LogP contribution in [-0.4, -0.2) is 41.9 Å². The number of nitrogens with one attached hydrogen (secondary N) is 1. The SMILES string of the molecule is Cc1cc(OCC(=O)N(CCc2ccccc2)[C@H](C)C(=O)NC(C)C)cc(C)c1Cl. The minimum atomic E-state index is -0.596. The van der Waals surface area contributed by atoms with Crippen molar-refractivity contribution < 1.29 is 14.3 Å². The van der Waals surface area contributed by atoms with E-state index in [2.05, 4.69) is 5.32 Å². The molecule has 0 spiro atoms. The van der Waals surface area contributed by atoms with Crippen molar-refractivity contribution in [2.24, 2.45) is 0 Å². The third-order valence-corrected chi connectivity index (χ3v) is 5.45. The van der Waals surface area contributed by atoms with E-state index in [-0.39, 0.29) is 24.5 Å². The maximum atomic E-state index is 13.0. The molecule has 2 amide bonds. The Bertz CT molecular complexity index is 845. The van der Waals surface area contributed by atoms with Gasteiger partial charge in [-0.3, -0.25) is 9.59 Å². The topological polar surface area (TPSA) is 58.6 Å². The first-order valence-electron chi connectivity index (χ1n) is 10.2. The normalized spacial score (nSPS) is 11.8. The highest BCUT2D eigenvalue weighted by Crippen LogP contribution is 2.25.